The fraction of sp³-hybridized carbons (Fsp3) is 0.594. The molecule has 4 saturated carbocycles. The smallest absolute Gasteiger partial charge is 0.394 e. The van der Waals surface area contributed by atoms with Crippen LogP contribution in [0.25, 0.3) is 11.2 Å². The topological polar surface area (TPSA) is 150 Å². The highest BCUT2D eigenvalue weighted by Gasteiger charge is 2.79. The molecule has 0 spiro atoms. The third-order valence-electron chi connectivity index (χ3n) is 11.3. The molecule has 9 rings (SSSR count). The van der Waals surface area contributed by atoms with Gasteiger partial charge >= 0.3 is 6.18 Å². The molecule has 2 N–H and O–H groups in total. The molecule has 2 amide bonds. The number of hydrogen-bond acceptors (Lipinski definition) is 10. The normalized spacial score (nSPS) is 27.2. The number of nitrogens with one attached hydrogen (secondary N) is 1. The minimum atomic E-state index is -4.29. The molecule has 48 heavy (non-hydrogen) atoms. The first-order valence-corrected chi connectivity index (χ1v) is 16.4. The summed E-state index contributed by atoms with van der Waals surface area (Å²) in [5.41, 5.74) is -0.514. The second-order valence-corrected chi connectivity index (χ2v) is 14.1. The molecule has 5 fully saturated rings. The number of rotatable bonds is 6. The Bertz CT molecular complexity index is 1940. The second kappa shape index (κ2) is 10.3. The lowest BCUT2D eigenvalue weighted by molar-refractivity contribution is -0.337. The fourth-order valence-electron chi connectivity index (χ4n) is 8.70. The first-order valence-electron chi connectivity index (χ1n) is 16.4. The SMILES string of the molecule is CCc1c(N2CCN(C(=O)c3ncnc(C)c3O)[C@@H]3CC[C@H]32)c(=O)c2nc3c(nc2n1CC(=O)NC12CC(C(F)(F)F)(C1)C2)CCN3C. The van der Waals surface area contributed by atoms with Crippen LogP contribution in [0.5, 0.6) is 5.75 Å². The van der Waals surface area contributed by atoms with Crippen LogP contribution in [0.15, 0.2) is 11.1 Å². The summed E-state index contributed by atoms with van der Waals surface area (Å²) in [5, 5.41) is 13.4. The average molecular weight is 668 g/mol. The molecule has 3 aromatic heterocycles. The van der Waals surface area contributed by atoms with Gasteiger partial charge in [0.05, 0.1) is 22.8 Å². The molecule has 2 aliphatic heterocycles. The zero-order valence-corrected chi connectivity index (χ0v) is 26.9. The van der Waals surface area contributed by atoms with Crippen molar-refractivity contribution in [1.82, 2.24) is 34.7 Å². The molecule has 16 heteroatoms. The lowest BCUT2D eigenvalue weighted by Crippen LogP contribution is -2.78. The molecule has 0 aromatic carbocycles. The van der Waals surface area contributed by atoms with E-state index in [9.17, 15) is 32.7 Å². The van der Waals surface area contributed by atoms with Gasteiger partial charge in [-0.3, -0.25) is 14.4 Å². The Hall–Kier alpha value is -4.50. The van der Waals surface area contributed by atoms with E-state index in [0.29, 0.717) is 67.4 Å². The van der Waals surface area contributed by atoms with Crippen LogP contribution < -0.4 is 20.5 Å². The highest BCUT2D eigenvalue weighted by molar-refractivity contribution is 5.95. The van der Waals surface area contributed by atoms with Crippen molar-refractivity contribution in [3.63, 3.8) is 0 Å². The zero-order chi connectivity index (χ0) is 33.9. The Balaban J connectivity index is 1.15. The third-order valence-corrected chi connectivity index (χ3v) is 11.3. The summed E-state index contributed by atoms with van der Waals surface area (Å²) in [4.78, 5) is 64.9. The number of likely N-dealkylation sites (N-methyl/N-ethyl adjacent to an activating group) is 1. The van der Waals surface area contributed by atoms with Crippen molar-refractivity contribution in [2.45, 2.75) is 89.1 Å². The Labute approximate surface area is 273 Å². The van der Waals surface area contributed by atoms with E-state index in [-0.39, 0.29) is 72.5 Å². The van der Waals surface area contributed by atoms with Crippen molar-refractivity contribution in [1.29, 1.82) is 0 Å². The number of halogens is 3. The van der Waals surface area contributed by atoms with Gasteiger partial charge in [-0.2, -0.15) is 13.2 Å². The van der Waals surface area contributed by atoms with Crippen molar-refractivity contribution < 1.29 is 27.9 Å². The second-order valence-electron chi connectivity index (χ2n) is 14.1. The van der Waals surface area contributed by atoms with E-state index in [4.69, 9.17) is 9.97 Å². The van der Waals surface area contributed by atoms with Crippen molar-refractivity contribution in [3.8, 4) is 5.75 Å². The number of carbonyl (C=O) groups excluding carboxylic acids is 2. The Kier molecular flexibility index (Phi) is 6.58. The van der Waals surface area contributed by atoms with E-state index in [0.717, 1.165) is 0 Å². The van der Waals surface area contributed by atoms with Crippen LogP contribution in [0.1, 0.15) is 66.6 Å². The van der Waals surface area contributed by atoms with E-state index in [1.807, 2.05) is 23.8 Å². The Morgan fingerprint density at radius 3 is 2.48 bits per heavy atom. The van der Waals surface area contributed by atoms with Gasteiger partial charge in [-0.05, 0) is 45.4 Å². The number of nitrogens with zero attached hydrogens (tertiary/aromatic N) is 8. The lowest BCUT2D eigenvalue weighted by Gasteiger charge is -2.70. The van der Waals surface area contributed by atoms with Gasteiger partial charge in [0, 0.05) is 50.4 Å². The van der Waals surface area contributed by atoms with Gasteiger partial charge in [-0.15, -0.1) is 0 Å². The molecule has 13 nitrogen and oxygen atoms in total. The first-order chi connectivity index (χ1) is 22.8. The molecule has 254 valence electrons. The van der Waals surface area contributed by atoms with E-state index >= 15 is 0 Å². The molecule has 2 bridgehead atoms. The standard InChI is InChI=1S/C32H36F3N9O4/c1-4-18-24(42-9-10-43(20-6-5-19(20)42)29(48)23-25(46)16(2)36-15-37-23)26(47)22-28(38-17-7-8-41(3)27(17)39-22)44(18)11-21(45)40-31-12-30(13-31,14-31)32(33,34)35/h15,19-20,46H,4-14H2,1-3H3,(H,40,45)/t19-,20-,30?,31?/m1/s1. The number of hydrogen-bond donors (Lipinski definition) is 2. The monoisotopic (exact) mass is 667 g/mol. The summed E-state index contributed by atoms with van der Waals surface area (Å²) in [5.74, 6) is -0.490. The number of pyridine rings is 1. The highest BCUT2D eigenvalue weighted by Crippen LogP contribution is 2.73. The molecule has 4 aliphatic carbocycles. The van der Waals surface area contributed by atoms with Crippen LogP contribution in [-0.2, 0) is 24.2 Å². The number of amides is 2. The van der Waals surface area contributed by atoms with Crippen LogP contribution in [0.3, 0.4) is 0 Å². The van der Waals surface area contributed by atoms with Crippen molar-refractivity contribution in [3.05, 3.63) is 39.3 Å². The summed E-state index contributed by atoms with van der Waals surface area (Å²) in [6.07, 6.45) is -0.991. The van der Waals surface area contributed by atoms with Gasteiger partial charge in [0.1, 0.15) is 18.6 Å². The summed E-state index contributed by atoms with van der Waals surface area (Å²) in [6, 6.07) is -0.435. The summed E-state index contributed by atoms with van der Waals surface area (Å²) in [6.45, 7) is 4.53. The number of carbonyl (C=O) groups is 2. The molecule has 2 atom stereocenters. The van der Waals surface area contributed by atoms with E-state index in [1.165, 1.54) is 6.33 Å². The van der Waals surface area contributed by atoms with Crippen LogP contribution >= 0.6 is 0 Å². The molecular weight excluding hydrogens is 631 g/mol. The van der Waals surface area contributed by atoms with Crippen LogP contribution in [0, 0.1) is 12.3 Å². The number of piperazine rings is 1. The van der Waals surface area contributed by atoms with E-state index < -0.39 is 28.9 Å². The maximum absolute atomic E-state index is 14.5. The largest absolute Gasteiger partial charge is 0.504 e. The van der Waals surface area contributed by atoms with Crippen LogP contribution in [-0.4, -0.2) is 96.8 Å². The van der Waals surface area contributed by atoms with E-state index in [1.54, 1.807) is 16.4 Å². The maximum Gasteiger partial charge on any atom is 0.394 e. The Morgan fingerprint density at radius 1 is 1.08 bits per heavy atom. The molecule has 0 radical (unpaired) electrons. The van der Waals surface area contributed by atoms with Crippen LogP contribution in [0.4, 0.5) is 24.7 Å². The van der Waals surface area contributed by atoms with Crippen molar-refractivity contribution >= 4 is 34.5 Å². The number of alkyl halides is 3. The third kappa shape index (κ3) is 4.25. The maximum atomic E-state index is 14.5. The van der Waals surface area contributed by atoms with E-state index in [2.05, 4.69) is 15.3 Å². The van der Waals surface area contributed by atoms with Crippen LogP contribution in [0.2, 0.25) is 0 Å². The van der Waals surface area contributed by atoms with Gasteiger partial charge < -0.3 is 29.7 Å². The van der Waals surface area contributed by atoms with Crippen molar-refractivity contribution in [2.75, 3.05) is 36.5 Å². The fourth-order valence-corrected chi connectivity index (χ4v) is 8.70. The minimum Gasteiger partial charge on any atom is -0.504 e. The minimum absolute atomic E-state index is 0.0620. The summed E-state index contributed by atoms with van der Waals surface area (Å²) < 4.78 is 42.2. The summed E-state index contributed by atoms with van der Waals surface area (Å²) >= 11 is 0. The first kappa shape index (κ1) is 30.8. The molecule has 0 unspecified atom stereocenters. The van der Waals surface area contributed by atoms with Gasteiger partial charge in [0.15, 0.2) is 28.4 Å². The molecule has 1 saturated heterocycles. The molecule has 6 aliphatic rings. The zero-order valence-electron chi connectivity index (χ0n) is 26.9. The lowest BCUT2D eigenvalue weighted by atomic mass is 9.39. The predicted molar refractivity (Wildman–Crippen MR) is 167 cm³/mol. The number of aryl methyl sites for hydroxylation is 1. The van der Waals surface area contributed by atoms with Crippen molar-refractivity contribution in [2.24, 2.45) is 5.41 Å². The average Bonchev–Trinajstić information content (AvgIpc) is 3.34. The van der Waals surface area contributed by atoms with Gasteiger partial charge in [-0.25, -0.2) is 19.9 Å². The molecule has 3 aromatic rings. The number of fused-ring (bicyclic) bond motifs is 3. The van der Waals surface area contributed by atoms with Gasteiger partial charge in [-0.1, -0.05) is 6.92 Å². The molecule has 5 heterocycles. The number of anilines is 2. The summed E-state index contributed by atoms with van der Waals surface area (Å²) in [7, 11) is 1.88. The quantitative estimate of drug-likeness (QED) is 0.401. The predicted octanol–water partition coefficient (Wildman–Crippen LogP) is 2.24. The Morgan fingerprint density at radius 2 is 1.81 bits per heavy atom. The number of aromatic nitrogens is 5. The molecular formula is C32H36F3N9O4. The highest BCUT2D eigenvalue weighted by atomic mass is 19.4. The van der Waals surface area contributed by atoms with Gasteiger partial charge in [0.2, 0.25) is 11.3 Å². The van der Waals surface area contributed by atoms with Gasteiger partial charge in [0.25, 0.3) is 5.91 Å². The number of aromatic hydroxyl groups is 1.